The topological polar surface area (TPSA) is 56.7 Å². The van der Waals surface area contributed by atoms with E-state index in [2.05, 4.69) is 132 Å². The summed E-state index contributed by atoms with van der Waals surface area (Å²) in [6.45, 7) is 0. The minimum absolute atomic E-state index is 0.596. The SMILES string of the molecule is c1ccc(-c2ccc3c(c2)c2ccccc2n3-c2ccc3sc4cccc(-c5nc(-c6ccccc6)nc(-c6ccc7c(c6)oc6ccccc67)n5)c4c3c2)cc1. The number of para-hydroxylation sites is 2. The minimum Gasteiger partial charge on any atom is -0.456 e. The maximum absolute atomic E-state index is 6.29. The number of rotatable bonds is 5. The highest BCUT2D eigenvalue weighted by atomic mass is 32.1. The molecule has 0 aliphatic carbocycles. The van der Waals surface area contributed by atoms with Gasteiger partial charge in [0, 0.05) is 64.1 Å². The van der Waals surface area contributed by atoms with Gasteiger partial charge < -0.3 is 8.98 Å². The lowest BCUT2D eigenvalue weighted by Crippen LogP contribution is -2.00. The molecule has 0 radical (unpaired) electrons. The number of furan rings is 1. The summed E-state index contributed by atoms with van der Waals surface area (Å²) in [5.41, 5.74) is 10.3. The Morgan fingerprint density at radius 2 is 1.07 bits per heavy atom. The first-order chi connectivity index (χ1) is 28.2. The van der Waals surface area contributed by atoms with Crippen molar-refractivity contribution in [1.29, 1.82) is 0 Å². The molecule has 0 aliphatic heterocycles. The van der Waals surface area contributed by atoms with Crippen LogP contribution in [0.3, 0.4) is 0 Å². The van der Waals surface area contributed by atoms with Crippen LogP contribution in [0.1, 0.15) is 0 Å². The fraction of sp³-hybridized carbons (Fsp3) is 0. The third kappa shape index (κ3) is 5.12. The second-order valence-electron chi connectivity index (χ2n) is 14.4. The number of nitrogens with zero attached hydrogens (tertiary/aromatic N) is 4. The van der Waals surface area contributed by atoms with E-state index in [-0.39, 0.29) is 0 Å². The van der Waals surface area contributed by atoms with Crippen molar-refractivity contribution in [2.75, 3.05) is 0 Å². The third-order valence-electron chi connectivity index (χ3n) is 11.1. The lowest BCUT2D eigenvalue weighted by Gasteiger charge is -2.11. The summed E-state index contributed by atoms with van der Waals surface area (Å²) >= 11 is 1.79. The van der Waals surface area contributed by atoms with Crippen molar-refractivity contribution in [3.05, 3.63) is 182 Å². The second kappa shape index (κ2) is 12.6. The molecule has 6 heteroatoms. The Labute approximate surface area is 330 Å². The zero-order valence-electron chi connectivity index (χ0n) is 30.4. The molecule has 4 heterocycles. The molecule has 0 aliphatic rings. The quantitative estimate of drug-likeness (QED) is 0.176. The van der Waals surface area contributed by atoms with Crippen molar-refractivity contribution in [3.63, 3.8) is 0 Å². The number of hydrogen-bond donors (Lipinski definition) is 0. The fourth-order valence-electron chi connectivity index (χ4n) is 8.41. The zero-order chi connectivity index (χ0) is 37.5. The number of thiophene rings is 1. The van der Waals surface area contributed by atoms with Gasteiger partial charge in [-0.1, -0.05) is 121 Å². The van der Waals surface area contributed by atoms with Gasteiger partial charge in [-0.25, -0.2) is 15.0 Å². The van der Waals surface area contributed by atoms with E-state index in [0.717, 1.165) is 49.7 Å². The maximum Gasteiger partial charge on any atom is 0.164 e. The second-order valence-corrected chi connectivity index (χ2v) is 15.5. The molecular formula is C51H30N4OS. The predicted molar refractivity (Wildman–Crippen MR) is 236 cm³/mol. The highest BCUT2D eigenvalue weighted by Crippen LogP contribution is 2.42. The van der Waals surface area contributed by atoms with Crippen LogP contribution in [0.25, 0.3) is 115 Å². The summed E-state index contributed by atoms with van der Waals surface area (Å²) in [5.74, 6) is 1.85. The van der Waals surface area contributed by atoms with E-state index < -0.39 is 0 Å². The first-order valence-corrected chi connectivity index (χ1v) is 19.8. The van der Waals surface area contributed by atoms with Crippen LogP contribution in [0.5, 0.6) is 0 Å². The molecule has 4 aromatic heterocycles. The van der Waals surface area contributed by atoms with Crippen LogP contribution in [0.4, 0.5) is 0 Å². The van der Waals surface area contributed by atoms with Gasteiger partial charge in [0.25, 0.3) is 0 Å². The number of aromatic nitrogens is 4. The maximum atomic E-state index is 6.29. The molecule has 266 valence electrons. The summed E-state index contributed by atoms with van der Waals surface area (Å²) < 4.78 is 11.1. The molecule has 12 aromatic rings. The van der Waals surface area contributed by atoms with Crippen molar-refractivity contribution in [1.82, 2.24) is 19.5 Å². The van der Waals surface area contributed by atoms with Crippen molar-refractivity contribution in [3.8, 4) is 51.0 Å². The average Bonchev–Trinajstić information content (AvgIpc) is 3.95. The summed E-state index contributed by atoms with van der Waals surface area (Å²) in [5, 5.41) is 6.92. The van der Waals surface area contributed by atoms with Gasteiger partial charge in [-0.2, -0.15) is 0 Å². The molecule has 0 unspecified atom stereocenters. The van der Waals surface area contributed by atoms with Gasteiger partial charge >= 0.3 is 0 Å². The van der Waals surface area contributed by atoms with E-state index in [1.54, 1.807) is 11.3 Å². The van der Waals surface area contributed by atoms with E-state index in [4.69, 9.17) is 19.4 Å². The largest absolute Gasteiger partial charge is 0.456 e. The Morgan fingerprint density at radius 1 is 0.386 bits per heavy atom. The van der Waals surface area contributed by atoms with Crippen molar-refractivity contribution in [2.24, 2.45) is 0 Å². The van der Waals surface area contributed by atoms with Crippen LogP contribution >= 0.6 is 11.3 Å². The first kappa shape index (κ1) is 31.9. The molecule has 57 heavy (non-hydrogen) atoms. The fourth-order valence-corrected chi connectivity index (χ4v) is 9.52. The van der Waals surface area contributed by atoms with Crippen molar-refractivity contribution >= 4 is 75.3 Å². The Morgan fingerprint density at radius 3 is 1.93 bits per heavy atom. The van der Waals surface area contributed by atoms with Gasteiger partial charge in [0.1, 0.15) is 11.2 Å². The number of fused-ring (bicyclic) bond motifs is 9. The first-order valence-electron chi connectivity index (χ1n) is 19.0. The van der Waals surface area contributed by atoms with E-state index in [0.29, 0.717) is 17.5 Å². The van der Waals surface area contributed by atoms with E-state index in [9.17, 15) is 0 Å². The summed E-state index contributed by atoms with van der Waals surface area (Å²) in [4.78, 5) is 15.5. The lowest BCUT2D eigenvalue weighted by atomic mass is 10.0. The van der Waals surface area contributed by atoms with Crippen molar-refractivity contribution in [2.45, 2.75) is 0 Å². The molecule has 0 fully saturated rings. The molecule has 0 N–H and O–H groups in total. The molecular weight excluding hydrogens is 717 g/mol. The van der Waals surface area contributed by atoms with Gasteiger partial charge in [0.2, 0.25) is 0 Å². The third-order valence-corrected chi connectivity index (χ3v) is 12.2. The zero-order valence-corrected chi connectivity index (χ0v) is 31.2. The van der Waals surface area contributed by atoms with Gasteiger partial charge in [-0.15, -0.1) is 11.3 Å². The van der Waals surface area contributed by atoms with E-state index in [1.807, 2.05) is 54.6 Å². The van der Waals surface area contributed by atoms with Crippen molar-refractivity contribution < 1.29 is 4.42 Å². The Kier molecular flexibility index (Phi) is 7.03. The number of hydrogen-bond acceptors (Lipinski definition) is 5. The standard InChI is InChI=1S/C51H30N4OS/c1-3-12-31(13-4-1)33-23-26-43-40(28-33)36-16-7-9-19-42(36)55(43)35-24-27-46-41(30-35)48-39(18-11-21-47(48)57-46)51-53-49(32-14-5-2-6-15-32)52-50(54-51)34-22-25-38-37-17-8-10-20-44(37)56-45(38)29-34/h1-30H. The molecule has 0 atom stereocenters. The molecule has 0 amide bonds. The predicted octanol–water partition coefficient (Wildman–Crippen LogP) is 13.9. The lowest BCUT2D eigenvalue weighted by molar-refractivity contribution is 0.669. The minimum atomic E-state index is 0.596. The van der Waals surface area contributed by atoms with Crippen LogP contribution in [0.15, 0.2) is 186 Å². The monoisotopic (exact) mass is 746 g/mol. The Hall–Kier alpha value is -7.41. The summed E-state index contributed by atoms with van der Waals surface area (Å²) in [6.07, 6.45) is 0. The molecule has 0 spiro atoms. The number of benzene rings is 8. The summed E-state index contributed by atoms with van der Waals surface area (Å²) in [6, 6.07) is 63.9. The summed E-state index contributed by atoms with van der Waals surface area (Å²) in [7, 11) is 0. The van der Waals surface area contributed by atoms with Gasteiger partial charge in [-0.3, -0.25) is 0 Å². The highest BCUT2D eigenvalue weighted by molar-refractivity contribution is 7.26. The van der Waals surface area contributed by atoms with E-state index >= 15 is 0 Å². The molecule has 12 rings (SSSR count). The van der Waals surface area contributed by atoms with Crippen LogP contribution in [-0.2, 0) is 0 Å². The highest BCUT2D eigenvalue weighted by Gasteiger charge is 2.20. The van der Waals surface area contributed by atoms with E-state index in [1.165, 1.54) is 47.7 Å². The Balaban J connectivity index is 1.06. The average molecular weight is 747 g/mol. The Bertz CT molecular complexity index is 3530. The van der Waals surface area contributed by atoms with Crippen LogP contribution < -0.4 is 0 Å². The molecule has 0 saturated heterocycles. The molecule has 0 bridgehead atoms. The molecule has 0 saturated carbocycles. The van der Waals surface area contributed by atoms with Gasteiger partial charge in [-0.05, 0) is 71.8 Å². The van der Waals surface area contributed by atoms with Crippen LogP contribution in [0, 0.1) is 0 Å². The molecule has 5 nitrogen and oxygen atoms in total. The van der Waals surface area contributed by atoms with Crippen LogP contribution in [-0.4, -0.2) is 19.5 Å². The van der Waals surface area contributed by atoms with Gasteiger partial charge in [0.15, 0.2) is 17.5 Å². The van der Waals surface area contributed by atoms with Crippen LogP contribution in [0.2, 0.25) is 0 Å². The smallest absolute Gasteiger partial charge is 0.164 e. The normalized spacial score (nSPS) is 11.9. The molecule has 8 aromatic carbocycles. The van der Waals surface area contributed by atoms with Gasteiger partial charge in [0.05, 0.1) is 11.0 Å².